The molecule has 3 rings (SSSR count). The smallest absolute Gasteiger partial charge is 0.418 e. The second-order valence-corrected chi connectivity index (χ2v) is 6.11. The number of ether oxygens (including phenoxy) is 3. The van der Waals surface area contributed by atoms with Gasteiger partial charge in [-0.15, -0.1) is 0 Å². The fourth-order valence-electron chi connectivity index (χ4n) is 2.43. The molecule has 1 amide bonds. The molecule has 0 aliphatic carbocycles. The van der Waals surface area contributed by atoms with Crippen LogP contribution in [0.2, 0.25) is 5.02 Å². The molecule has 10 heteroatoms. The number of anilines is 1. The largest absolute Gasteiger partial charge is 0.486 e. The molecule has 1 aliphatic rings. The Morgan fingerprint density at radius 1 is 1.07 bits per heavy atom. The van der Waals surface area contributed by atoms with Gasteiger partial charge in [-0.25, -0.2) is 4.79 Å². The Balaban J connectivity index is 1.63. The van der Waals surface area contributed by atoms with E-state index in [0.29, 0.717) is 30.8 Å². The highest BCUT2D eigenvalue weighted by Crippen LogP contribution is 2.36. The molecular formula is C18H13ClF3NO5. The molecular weight excluding hydrogens is 403 g/mol. The van der Waals surface area contributed by atoms with Gasteiger partial charge in [0.05, 0.1) is 16.8 Å². The van der Waals surface area contributed by atoms with Crippen LogP contribution in [0, 0.1) is 0 Å². The van der Waals surface area contributed by atoms with Crippen molar-refractivity contribution < 1.29 is 37.0 Å². The molecule has 1 N–H and O–H groups in total. The molecule has 6 nitrogen and oxygen atoms in total. The van der Waals surface area contributed by atoms with Crippen molar-refractivity contribution in [2.75, 3.05) is 25.1 Å². The molecule has 148 valence electrons. The van der Waals surface area contributed by atoms with E-state index in [-0.39, 0.29) is 10.6 Å². The number of amides is 1. The highest BCUT2D eigenvalue weighted by atomic mass is 35.5. The van der Waals surface area contributed by atoms with Gasteiger partial charge < -0.3 is 19.5 Å². The summed E-state index contributed by atoms with van der Waals surface area (Å²) in [5, 5.41) is 1.93. The van der Waals surface area contributed by atoms with E-state index in [0.717, 1.165) is 6.07 Å². The van der Waals surface area contributed by atoms with E-state index in [9.17, 15) is 22.8 Å². The summed E-state index contributed by atoms with van der Waals surface area (Å²) in [6.45, 7) is -0.0503. The lowest BCUT2D eigenvalue weighted by Crippen LogP contribution is -2.23. The molecule has 0 saturated carbocycles. The van der Waals surface area contributed by atoms with E-state index >= 15 is 0 Å². The summed E-state index contributed by atoms with van der Waals surface area (Å²) < 4.78 is 54.6. The number of carbonyl (C=O) groups excluding carboxylic acids is 2. The zero-order valence-electron chi connectivity index (χ0n) is 14.1. The Kier molecular flexibility index (Phi) is 5.64. The number of esters is 1. The quantitative estimate of drug-likeness (QED) is 0.766. The van der Waals surface area contributed by atoms with Crippen molar-refractivity contribution in [2.24, 2.45) is 0 Å². The number of rotatable bonds is 4. The third kappa shape index (κ3) is 4.66. The average molecular weight is 416 g/mol. The number of hydrogen-bond acceptors (Lipinski definition) is 5. The summed E-state index contributed by atoms with van der Waals surface area (Å²) in [5.41, 5.74) is -1.48. The van der Waals surface area contributed by atoms with Crippen LogP contribution in [-0.4, -0.2) is 31.7 Å². The van der Waals surface area contributed by atoms with Crippen LogP contribution in [0.3, 0.4) is 0 Å². The first kappa shape index (κ1) is 19.8. The molecule has 0 fully saturated rings. The van der Waals surface area contributed by atoms with Gasteiger partial charge in [-0.05, 0) is 36.4 Å². The SMILES string of the molecule is O=C(COC(=O)c1ccc2c(c1)OCCO2)Nc1ccc(Cl)cc1C(F)(F)F. The lowest BCUT2D eigenvalue weighted by atomic mass is 10.1. The van der Waals surface area contributed by atoms with Gasteiger partial charge in [-0.3, -0.25) is 4.79 Å². The van der Waals surface area contributed by atoms with Gasteiger partial charge in [0.1, 0.15) is 13.2 Å². The monoisotopic (exact) mass is 415 g/mol. The van der Waals surface area contributed by atoms with E-state index in [4.69, 9.17) is 25.8 Å². The van der Waals surface area contributed by atoms with E-state index in [1.54, 1.807) is 0 Å². The zero-order chi connectivity index (χ0) is 20.3. The Hall–Kier alpha value is -2.94. The predicted molar refractivity (Wildman–Crippen MR) is 92.8 cm³/mol. The van der Waals surface area contributed by atoms with E-state index in [2.05, 4.69) is 5.32 Å². The van der Waals surface area contributed by atoms with E-state index in [1.807, 2.05) is 0 Å². The van der Waals surface area contributed by atoms with Crippen molar-refractivity contribution in [2.45, 2.75) is 6.18 Å². The lowest BCUT2D eigenvalue weighted by Gasteiger charge is -2.18. The fraction of sp³-hybridized carbons (Fsp3) is 0.222. The maximum Gasteiger partial charge on any atom is 0.418 e. The zero-order valence-corrected chi connectivity index (χ0v) is 14.9. The molecule has 0 aromatic heterocycles. The Bertz CT molecular complexity index is 917. The molecule has 0 spiro atoms. The Morgan fingerprint density at radius 2 is 1.79 bits per heavy atom. The molecule has 0 saturated heterocycles. The second kappa shape index (κ2) is 7.97. The van der Waals surface area contributed by atoms with Gasteiger partial charge in [0, 0.05) is 5.02 Å². The van der Waals surface area contributed by atoms with Gasteiger partial charge in [0.25, 0.3) is 5.91 Å². The van der Waals surface area contributed by atoms with Crippen LogP contribution in [0.25, 0.3) is 0 Å². The molecule has 2 aromatic rings. The van der Waals surface area contributed by atoms with Crippen molar-refractivity contribution in [1.82, 2.24) is 0 Å². The van der Waals surface area contributed by atoms with Gasteiger partial charge in [-0.2, -0.15) is 13.2 Å². The van der Waals surface area contributed by atoms with Crippen LogP contribution < -0.4 is 14.8 Å². The summed E-state index contributed by atoms with van der Waals surface area (Å²) in [5.74, 6) is -0.929. The molecule has 0 unspecified atom stereocenters. The maximum absolute atomic E-state index is 13.0. The van der Waals surface area contributed by atoms with Crippen molar-refractivity contribution in [3.8, 4) is 11.5 Å². The van der Waals surface area contributed by atoms with Crippen molar-refractivity contribution in [1.29, 1.82) is 0 Å². The highest BCUT2D eigenvalue weighted by molar-refractivity contribution is 6.30. The number of benzene rings is 2. The topological polar surface area (TPSA) is 73.9 Å². The summed E-state index contributed by atoms with van der Waals surface area (Å²) in [7, 11) is 0. The third-order valence-corrected chi connectivity index (χ3v) is 3.91. The highest BCUT2D eigenvalue weighted by Gasteiger charge is 2.34. The third-order valence-electron chi connectivity index (χ3n) is 3.67. The van der Waals surface area contributed by atoms with Gasteiger partial charge in [0.2, 0.25) is 0 Å². The standard InChI is InChI=1S/C18H13ClF3NO5/c19-11-2-3-13(12(8-11)18(20,21)22)23-16(24)9-28-17(25)10-1-4-14-15(7-10)27-6-5-26-14/h1-4,7-8H,5-6,9H2,(H,23,24). The molecule has 1 heterocycles. The Labute approximate surface area is 162 Å². The summed E-state index contributed by atoms with van der Waals surface area (Å²) in [6.07, 6.45) is -4.71. The minimum absolute atomic E-state index is 0.111. The first-order valence-corrected chi connectivity index (χ1v) is 8.35. The van der Waals surface area contributed by atoms with Gasteiger partial charge >= 0.3 is 12.1 Å². The van der Waals surface area contributed by atoms with Crippen molar-refractivity contribution >= 4 is 29.2 Å². The first-order chi connectivity index (χ1) is 13.2. The molecule has 28 heavy (non-hydrogen) atoms. The number of fused-ring (bicyclic) bond motifs is 1. The van der Waals surface area contributed by atoms with Crippen LogP contribution in [-0.2, 0) is 15.7 Å². The molecule has 0 radical (unpaired) electrons. The lowest BCUT2D eigenvalue weighted by molar-refractivity contribution is -0.137. The van der Waals surface area contributed by atoms with E-state index < -0.39 is 35.9 Å². The number of halogens is 4. The molecule has 0 bridgehead atoms. The van der Waals surface area contributed by atoms with Crippen LogP contribution in [0.5, 0.6) is 11.5 Å². The summed E-state index contributed by atoms with van der Waals surface area (Å²) >= 11 is 5.58. The minimum Gasteiger partial charge on any atom is -0.486 e. The van der Waals surface area contributed by atoms with Gasteiger partial charge in [-0.1, -0.05) is 11.6 Å². The normalized spacial score (nSPS) is 13.0. The number of nitrogens with one attached hydrogen (secondary N) is 1. The molecule has 1 aliphatic heterocycles. The Morgan fingerprint density at radius 3 is 2.50 bits per heavy atom. The van der Waals surface area contributed by atoms with Crippen molar-refractivity contribution in [3.63, 3.8) is 0 Å². The van der Waals surface area contributed by atoms with Crippen LogP contribution in [0.4, 0.5) is 18.9 Å². The second-order valence-electron chi connectivity index (χ2n) is 5.67. The average Bonchev–Trinajstić information content (AvgIpc) is 2.66. The van der Waals surface area contributed by atoms with Crippen molar-refractivity contribution in [3.05, 3.63) is 52.5 Å². The van der Waals surface area contributed by atoms with Crippen LogP contribution in [0.15, 0.2) is 36.4 Å². The number of hydrogen-bond donors (Lipinski definition) is 1. The van der Waals surface area contributed by atoms with Gasteiger partial charge in [0.15, 0.2) is 18.1 Å². The maximum atomic E-state index is 13.0. The fourth-order valence-corrected chi connectivity index (χ4v) is 2.60. The first-order valence-electron chi connectivity index (χ1n) is 7.97. The van der Waals surface area contributed by atoms with Crippen LogP contribution >= 0.6 is 11.6 Å². The summed E-state index contributed by atoms with van der Waals surface area (Å²) in [6, 6.07) is 7.26. The summed E-state index contributed by atoms with van der Waals surface area (Å²) in [4.78, 5) is 24.0. The number of alkyl halides is 3. The number of carbonyl (C=O) groups is 2. The molecule has 0 atom stereocenters. The van der Waals surface area contributed by atoms with Crippen LogP contribution in [0.1, 0.15) is 15.9 Å². The minimum atomic E-state index is -4.71. The predicted octanol–water partition coefficient (Wildman–Crippen LogP) is 3.93. The molecule has 2 aromatic carbocycles. The van der Waals surface area contributed by atoms with E-state index in [1.165, 1.54) is 24.3 Å².